The van der Waals surface area contributed by atoms with Gasteiger partial charge in [0.15, 0.2) is 0 Å². The molecule has 4 nitrogen and oxygen atoms in total. The lowest BCUT2D eigenvalue weighted by atomic mass is 10.0. The van der Waals surface area contributed by atoms with Gasteiger partial charge in [0.25, 0.3) is 0 Å². The molecule has 0 aliphatic rings. The van der Waals surface area contributed by atoms with Crippen LogP contribution in [0.1, 0.15) is 162 Å². The molecule has 2 unspecified atom stereocenters. The van der Waals surface area contributed by atoms with E-state index in [2.05, 4.69) is 67.8 Å². The molecule has 3 N–H and O–H groups in total. The molecule has 0 heterocycles. The summed E-state index contributed by atoms with van der Waals surface area (Å²) in [6, 6.07) is -0.646. The standard InChI is InChI=1S/C39H69NO3/c1-3-5-7-9-11-13-15-17-18-19-20-21-22-23-25-27-29-31-33-35-39(43)40-37(36-41)38(42)34-32-30-28-26-24-16-14-12-10-8-6-4-2/h10-13,15,17,24,26,32,34,37-38,41-42H,3-9,14,16,18-23,25,27-31,33,35-36H2,1-2H3,(H,40,43)/b12-10+,13-11-,17-15-,26-24+,34-32+. The Labute approximate surface area is 266 Å². The van der Waals surface area contributed by atoms with Gasteiger partial charge in [0.05, 0.1) is 18.8 Å². The fourth-order valence-corrected chi connectivity index (χ4v) is 4.89. The first-order valence-electron chi connectivity index (χ1n) is 18.0. The molecular weight excluding hydrogens is 530 g/mol. The summed E-state index contributed by atoms with van der Waals surface area (Å²) in [4.78, 5) is 12.3. The highest BCUT2D eigenvalue weighted by atomic mass is 16.3. The van der Waals surface area contributed by atoms with E-state index in [-0.39, 0.29) is 12.5 Å². The van der Waals surface area contributed by atoms with Crippen LogP contribution in [-0.4, -0.2) is 34.9 Å². The number of allylic oxidation sites excluding steroid dienone is 9. The number of hydrogen-bond donors (Lipinski definition) is 3. The molecule has 0 aliphatic carbocycles. The third kappa shape index (κ3) is 31.3. The number of aliphatic hydroxyl groups excluding tert-OH is 2. The second kappa shape index (κ2) is 34.6. The van der Waals surface area contributed by atoms with Crippen LogP contribution >= 0.6 is 0 Å². The van der Waals surface area contributed by atoms with Crippen molar-refractivity contribution in [3.05, 3.63) is 60.8 Å². The third-order valence-corrected chi connectivity index (χ3v) is 7.73. The fraction of sp³-hybridized carbons (Fsp3) is 0.718. The second-order valence-corrected chi connectivity index (χ2v) is 11.9. The molecule has 248 valence electrons. The van der Waals surface area contributed by atoms with Crippen molar-refractivity contribution in [2.75, 3.05) is 6.61 Å². The largest absolute Gasteiger partial charge is 0.394 e. The average Bonchev–Trinajstić information content (AvgIpc) is 3.01. The van der Waals surface area contributed by atoms with E-state index in [1.807, 2.05) is 6.08 Å². The van der Waals surface area contributed by atoms with E-state index in [0.29, 0.717) is 6.42 Å². The van der Waals surface area contributed by atoms with Gasteiger partial charge in [-0.25, -0.2) is 0 Å². The predicted octanol–water partition coefficient (Wildman–Crippen LogP) is 10.6. The number of carbonyl (C=O) groups excluding carboxylic acids is 1. The summed E-state index contributed by atoms with van der Waals surface area (Å²) < 4.78 is 0. The zero-order valence-corrected chi connectivity index (χ0v) is 28.2. The van der Waals surface area contributed by atoms with Gasteiger partial charge in [-0.3, -0.25) is 4.79 Å². The molecule has 0 aromatic rings. The van der Waals surface area contributed by atoms with Gasteiger partial charge >= 0.3 is 0 Å². The van der Waals surface area contributed by atoms with Gasteiger partial charge < -0.3 is 15.5 Å². The first-order chi connectivity index (χ1) is 21.2. The summed E-state index contributed by atoms with van der Waals surface area (Å²) in [7, 11) is 0. The Morgan fingerprint density at radius 1 is 0.558 bits per heavy atom. The minimum atomic E-state index is -0.870. The van der Waals surface area contributed by atoms with Crippen LogP contribution < -0.4 is 5.32 Å². The molecule has 2 atom stereocenters. The second-order valence-electron chi connectivity index (χ2n) is 11.9. The summed E-state index contributed by atoms with van der Waals surface area (Å²) in [5, 5.41) is 22.8. The average molecular weight is 600 g/mol. The van der Waals surface area contributed by atoms with Crippen LogP contribution in [0.4, 0.5) is 0 Å². The van der Waals surface area contributed by atoms with Crippen molar-refractivity contribution in [1.29, 1.82) is 0 Å². The van der Waals surface area contributed by atoms with Crippen LogP contribution in [0.15, 0.2) is 60.8 Å². The minimum Gasteiger partial charge on any atom is -0.394 e. The van der Waals surface area contributed by atoms with Crippen LogP contribution in [0, 0.1) is 0 Å². The van der Waals surface area contributed by atoms with E-state index in [4.69, 9.17) is 0 Å². The van der Waals surface area contributed by atoms with E-state index in [1.165, 1.54) is 103 Å². The first kappa shape index (κ1) is 41.1. The molecular formula is C39H69NO3. The maximum atomic E-state index is 12.3. The molecule has 43 heavy (non-hydrogen) atoms. The SMILES string of the molecule is CCCC/C=C/CC/C=C/CC/C=C/C(O)C(CO)NC(=O)CCCCCCCCCCCC/C=C\C=C/CCCCC. The summed E-state index contributed by atoms with van der Waals surface area (Å²) >= 11 is 0. The molecule has 0 saturated heterocycles. The smallest absolute Gasteiger partial charge is 0.220 e. The lowest BCUT2D eigenvalue weighted by Gasteiger charge is -2.19. The number of rotatable bonds is 31. The van der Waals surface area contributed by atoms with Crippen molar-refractivity contribution < 1.29 is 15.0 Å². The fourth-order valence-electron chi connectivity index (χ4n) is 4.89. The number of aliphatic hydroxyl groups is 2. The Morgan fingerprint density at radius 3 is 1.53 bits per heavy atom. The van der Waals surface area contributed by atoms with Crippen LogP contribution in [-0.2, 0) is 4.79 Å². The van der Waals surface area contributed by atoms with Gasteiger partial charge in [-0.15, -0.1) is 0 Å². The maximum Gasteiger partial charge on any atom is 0.220 e. The van der Waals surface area contributed by atoms with E-state index < -0.39 is 12.1 Å². The quantitative estimate of drug-likeness (QED) is 0.0422. The normalized spacial score (nSPS) is 13.9. The lowest BCUT2D eigenvalue weighted by molar-refractivity contribution is -0.123. The van der Waals surface area contributed by atoms with Crippen LogP contribution in [0.25, 0.3) is 0 Å². The Bertz CT molecular complexity index is 737. The predicted molar refractivity (Wildman–Crippen MR) is 188 cm³/mol. The molecule has 0 aliphatic heterocycles. The van der Waals surface area contributed by atoms with Crippen molar-refractivity contribution >= 4 is 5.91 Å². The highest BCUT2D eigenvalue weighted by molar-refractivity contribution is 5.76. The topological polar surface area (TPSA) is 69.6 Å². The van der Waals surface area contributed by atoms with E-state index in [0.717, 1.165) is 38.5 Å². The molecule has 0 fully saturated rings. The summed E-state index contributed by atoms with van der Waals surface area (Å²) in [6.45, 7) is 4.19. The summed E-state index contributed by atoms with van der Waals surface area (Å²) in [5.41, 5.74) is 0. The number of hydrogen-bond acceptors (Lipinski definition) is 3. The molecule has 4 heteroatoms. The Kier molecular flexibility index (Phi) is 33.0. The number of carbonyl (C=O) groups is 1. The summed E-state index contributed by atoms with van der Waals surface area (Å²) in [6.07, 6.45) is 47.3. The molecule has 0 spiro atoms. The van der Waals surface area contributed by atoms with Gasteiger partial charge in [0, 0.05) is 6.42 Å². The van der Waals surface area contributed by atoms with Gasteiger partial charge in [-0.2, -0.15) is 0 Å². The van der Waals surface area contributed by atoms with Crippen LogP contribution in [0.2, 0.25) is 0 Å². The number of unbranched alkanes of at least 4 members (excludes halogenated alkanes) is 17. The van der Waals surface area contributed by atoms with Gasteiger partial charge in [-0.1, -0.05) is 152 Å². The summed E-state index contributed by atoms with van der Waals surface area (Å²) in [5.74, 6) is -0.0870. The number of nitrogens with one attached hydrogen (secondary N) is 1. The molecule has 0 aromatic heterocycles. The minimum absolute atomic E-state index is 0.0870. The van der Waals surface area contributed by atoms with Crippen molar-refractivity contribution in [1.82, 2.24) is 5.32 Å². The van der Waals surface area contributed by atoms with Crippen molar-refractivity contribution in [3.63, 3.8) is 0 Å². The van der Waals surface area contributed by atoms with Crippen molar-refractivity contribution in [3.8, 4) is 0 Å². The Balaban J connectivity index is 3.68. The zero-order chi connectivity index (χ0) is 31.5. The van der Waals surface area contributed by atoms with Gasteiger partial charge in [0.2, 0.25) is 5.91 Å². The van der Waals surface area contributed by atoms with Crippen molar-refractivity contribution in [2.24, 2.45) is 0 Å². The molecule has 0 aromatic carbocycles. The maximum absolute atomic E-state index is 12.3. The van der Waals surface area contributed by atoms with Crippen molar-refractivity contribution in [2.45, 2.75) is 174 Å². The number of amides is 1. The Morgan fingerprint density at radius 2 is 1.00 bits per heavy atom. The first-order valence-corrected chi connectivity index (χ1v) is 18.0. The zero-order valence-electron chi connectivity index (χ0n) is 28.2. The lowest BCUT2D eigenvalue weighted by Crippen LogP contribution is -2.45. The monoisotopic (exact) mass is 600 g/mol. The molecule has 0 bridgehead atoms. The molecule has 0 saturated carbocycles. The van der Waals surface area contributed by atoms with Gasteiger partial charge in [-0.05, 0) is 64.2 Å². The highest BCUT2D eigenvalue weighted by Gasteiger charge is 2.17. The van der Waals surface area contributed by atoms with Crippen LogP contribution in [0.5, 0.6) is 0 Å². The van der Waals surface area contributed by atoms with E-state index in [1.54, 1.807) is 6.08 Å². The van der Waals surface area contributed by atoms with Gasteiger partial charge in [0.1, 0.15) is 0 Å². The van der Waals surface area contributed by atoms with E-state index in [9.17, 15) is 15.0 Å². The van der Waals surface area contributed by atoms with E-state index >= 15 is 0 Å². The Hall–Kier alpha value is -1.91. The molecule has 0 rings (SSSR count). The molecule has 1 amide bonds. The molecule has 0 radical (unpaired) electrons. The highest BCUT2D eigenvalue weighted by Crippen LogP contribution is 2.12. The van der Waals surface area contributed by atoms with Crippen LogP contribution in [0.3, 0.4) is 0 Å². The third-order valence-electron chi connectivity index (χ3n) is 7.73.